The molecule has 8 heteroatoms. The Balaban J connectivity index is 1.86. The molecule has 0 saturated carbocycles. The predicted molar refractivity (Wildman–Crippen MR) is 86.0 cm³/mol. The number of nitrogens with two attached hydrogens (primary N) is 1. The highest BCUT2D eigenvalue weighted by atomic mass is 32.1. The number of nitrogens with zero attached hydrogens (tertiary/aromatic N) is 5. The third-order valence-corrected chi connectivity index (χ3v) is 4.26. The maximum atomic E-state index is 5.86. The second-order valence-electron chi connectivity index (χ2n) is 6.24. The first-order valence-electron chi connectivity index (χ1n) is 7.21. The van der Waals surface area contributed by atoms with Gasteiger partial charge in [-0.2, -0.15) is 15.0 Å². The number of aromatic nitrogens is 4. The highest BCUT2D eigenvalue weighted by molar-refractivity contribution is 7.09. The van der Waals surface area contributed by atoms with Gasteiger partial charge in [0.15, 0.2) is 0 Å². The Bertz CT molecular complexity index is 639. The second kappa shape index (κ2) is 5.77. The Hall–Kier alpha value is -1.80. The minimum absolute atomic E-state index is 0.0511. The summed E-state index contributed by atoms with van der Waals surface area (Å²) in [5, 5.41) is 2.93. The van der Waals surface area contributed by atoms with E-state index >= 15 is 0 Å². The molecule has 2 aromatic heterocycles. The van der Waals surface area contributed by atoms with Crippen molar-refractivity contribution in [3.63, 3.8) is 0 Å². The molecule has 2 aromatic rings. The zero-order chi connectivity index (χ0) is 15.7. The van der Waals surface area contributed by atoms with Gasteiger partial charge >= 0.3 is 0 Å². The first-order chi connectivity index (χ1) is 10.4. The molecule has 118 valence electrons. The number of hydrogen-bond acceptors (Lipinski definition) is 8. The zero-order valence-electron chi connectivity index (χ0n) is 13.0. The van der Waals surface area contributed by atoms with Gasteiger partial charge in [0.2, 0.25) is 11.9 Å². The van der Waals surface area contributed by atoms with Gasteiger partial charge in [-0.25, -0.2) is 4.98 Å². The summed E-state index contributed by atoms with van der Waals surface area (Å²) in [6.07, 6.45) is 1.74. The van der Waals surface area contributed by atoms with Crippen molar-refractivity contribution in [1.29, 1.82) is 0 Å². The smallest absolute Gasteiger partial charge is 0.230 e. The van der Waals surface area contributed by atoms with Crippen molar-refractivity contribution < 1.29 is 4.74 Å². The monoisotopic (exact) mass is 320 g/mol. The molecule has 3 rings (SSSR count). The van der Waals surface area contributed by atoms with Crippen molar-refractivity contribution >= 4 is 23.2 Å². The van der Waals surface area contributed by atoms with Crippen LogP contribution in [0.1, 0.15) is 37.7 Å². The van der Waals surface area contributed by atoms with E-state index in [4.69, 9.17) is 10.5 Å². The van der Waals surface area contributed by atoms with E-state index in [0.717, 1.165) is 11.6 Å². The number of anilines is 2. The molecule has 0 radical (unpaired) electrons. The van der Waals surface area contributed by atoms with Crippen LogP contribution in [0.4, 0.5) is 11.9 Å². The summed E-state index contributed by atoms with van der Waals surface area (Å²) >= 11 is 1.60. The quantitative estimate of drug-likeness (QED) is 0.902. The number of ether oxygens (including phenoxy) is 1. The molecule has 0 aromatic carbocycles. The topological polar surface area (TPSA) is 90.0 Å². The molecular formula is C14H20N6OS. The number of nitrogen functional groups attached to an aromatic ring is 1. The normalized spacial score (nSPS) is 19.4. The van der Waals surface area contributed by atoms with Gasteiger partial charge in [0.1, 0.15) is 16.9 Å². The second-order valence-corrected chi connectivity index (χ2v) is 7.17. The molecule has 0 spiro atoms. The van der Waals surface area contributed by atoms with E-state index in [1.54, 1.807) is 17.5 Å². The molecule has 1 saturated heterocycles. The molecule has 1 aliphatic rings. The van der Waals surface area contributed by atoms with Gasteiger partial charge in [-0.1, -0.05) is 20.8 Å². The summed E-state index contributed by atoms with van der Waals surface area (Å²) < 4.78 is 5.81. The lowest BCUT2D eigenvalue weighted by Crippen LogP contribution is -2.40. The van der Waals surface area contributed by atoms with Crippen molar-refractivity contribution in [1.82, 2.24) is 19.9 Å². The highest BCUT2D eigenvalue weighted by Crippen LogP contribution is 2.27. The fraction of sp³-hybridized carbons (Fsp3) is 0.571. The van der Waals surface area contributed by atoms with Crippen molar-refractivity contribution in [3.05, 3.63) is 22.4 Å². The molecular weight excluding hydrogens is 300 g/mol. The van der Waals surface area contributed by atoms with Crippen LogP contribution in [-0.4, -0.2) is 39.6 Å². The van der Waals surface area contributed by atoms with E-state index in [1.807, 2.05) is 5.38 Å². The lowest BCUT2D eigenvalue weighted by molar-refractivity contribution is 0.0390. The summed E-state index contributed by atoms with van der Waals surface area (Å²) in [7, 11) is 0. The summed E-state index contributed by atoms with van der Waals surface area (Å²) in [4.78, 5) is 19.6. The molecule has 2 N–H and O–H groups in total. The molecule has 7 nitrogen and oxygen atoms in total. The first-order valence-corrected chi connectivity index (χ1v) is 8.09. The van der Waals surface area contributed by atoms with Gasteiger partial charge in [-0.3, -0.25) is 0 Å². The fourth-order valence-corrected chi connectivity index (χ4v) is 2.91. The molecule has 1 unspecified atom stereocenters. The molecule has 22 heavy (non-hydrogen) atoms. The van der Waals surface area contributed by atoms with Crippen LogP contribution in [0.5, 0.6) is 0 Å². The average molecular weight is 320 g/mol. The molecule has 1 fully saturated rings. The first kappa shape index (κ1) is 15.1. The van der Waals surface area contributed by atoms with Gasteiger partial charge in [0.25, 0.3) is 0 Å². The maximum Gasteiger partial charge on any atom is 0.230 e. The van der Waals surface area contributed by atoms with Gasteiger partial charge < -0.3 is 15.4 Å². The predicted octanol–water partition coefficient (Wildman–Crippen LogP) is 1.79. The Morgan fingerprint density at radius 2 is 2.14 bits per heavy atom. The van der Waals surface area contributed by atoms with Crippen LogP contribution in [0.25, 0.3) is 0 Å². The van der Waals surface area contributed by atoms with Crippen LogP contribution in [0, 0.1) is 0 Å². The average Bonchev–Trinajstić information content (AvgIpc) is 3.00. The van der Waals surface area contributed by atoms with Crippen molar-refractivity contribution in [2.24, 2.45) is 0 Å². The largest absolute Gasteiger partial charge is 0.368 e. The van der Waals surface area contributed by atoms with E-state index in [9.17, 15) is 0 Å². The lowest BCUT2D eigenvalue weighted by Gasteiger charge is -2.32. The summed E-state index contributed by atoms with van der Waals surface area (Å²) in [6, 6.07) is 0. The van der Waals surface area contributed by atoms with Gasteiger partial charge in [-0.05, 0) is 0 Å². The van der Waals surface area contributed by atoms with Gasteiger partial charge in [0.05, 0.1) is 13.2 Å². The summed E-state index contributed by atoms with van der Waals surface area (Å²) in [6.45, 7) is 8.19. The lowest BCUT2D eigenvalue weighted by atomic mass is 9.96. The summed E-state index contributed by atoms with van der Waals surface area (Å²) in [5.41, 5.74) is 5.69. The van der Waals surface area contributed by atoms with E-state index < -0.39 is 0 Å². The van der Waals surface area contributed by atoms with E-state index in [-0.39, 0.29) is 17.5 Å². The van der Waals surface area contributed by atoms with Crippen LogP contribution in [-0.2, 0) is 10.2 Å². The number of morpholine rings is 1. The SMILES string of the molecule is CC(C)(C)c1nc(N)nc(N2CCOC(c3nccs3)C2)n1. The van der Waals surface area contributed by atoms with Gasteiger partial charge in [0, 0.05) is 23.5 Å². The van der Waals surface area contributed by atoms with Gasteiger partial charge in [-0.15, -0.1) is 11.3 Å². The van der Waals surface area contributed by atoms with Crippen LogP contribution in [0.3, 0.4) is 0 Å². The van der Waals surface area contributed by atoms with Crippen LogP contribution >= 0.6 is 11.3 Å². The zero-order valence-corrected chi connectivity index (χ0v) is 13.8. The van der Waals surface area contributed by atoms with Crippen molar-refractivity contribution in [2.45, 2.75) is 32.3 Å². The van der Waals surface area contributed by atoms with E-state index in [2.05, 4.69) is 45.6 Å². The molecule has 0 aliphatic carbocycles. The Morgan fingerprint density at radius 3 is 2.82 bits per heavy atom. The minimum atomic E-state index is -0.174. The number of thiazole rings is 1. The standard InChI is InChI=1S/C14H20N6OS/c1-14(2,3)11-17-12(15)19-13(18-11)20-5-6-21-9(8-20)10-16-4-7-22-10/h4,7,9H,5-6,8H2,1-3H3,(H2,15,17,18,19). The molecule has 3 heterocycles. The van der Waals surface area contributed by atoms with E-state index in [0.29, 0.717) is 24.9 Å². The Morgan fingerprint density at radius 1 is 1.32 bits per heavy atom. The molecule has 0 bridgehead atoms. The Kier molecular flexibility index (Phi) is 3.96. The third kappa shape index (κ3) is 3.17. The number of hydrogen-bond donors (Lipinski definition) is 1. The minimum Gasteiger partial charge on any atom is -0.368 e. The van der Waals surface area contributed by atoms with E-state index in [1.165, 1.54) is 0 Å². The molecule has 0 amide bonds. The molecule has 1 aliphatic heterocycles. The number of rotatable bonds is 2. The Labute approximate surface area is 133 Å². The highest BCUT2D eigenvalue weighted by Gasteiger charge is 2.27. The van der Waals surface area contributed by atoms with Crippen molar-refractivity contribution in [2.75, 3.05) is 30.3 Å². The summed E-state index contributed by atoms with van der Waals surface area (Å²) in [5.74, 6) is 1.57. The van der Waals surface area contributed by atoms with Crippen molar-refractivity contribution in [3.8, 4) is 0 Å². The molecule has 1 atom stereocenters. The van der Waals surface area contributed by atoms with Crippen LogP contribution in [0.15, 0.2) is 11.6 Å². The van der Waals surface area contributed by atoms with Crippen LogP contribution < -0.4 is 10.6 Å². The third-order valence-electron chi connectivity index (χ3n) is 3.39. The maximum absolute atomic E-state index is 5.86. The fourth-order valence-electron chi connectivity index (χ4n) is 2.23. The van der Waals surface area contributed by atoms with Crippen LogP contribution in [0.2, 0.25) is 0 Å².